The molecule has 0 radical (unpaired) electrons. The summed E-state index contributed by atoms with van der Waals surface area (Å²) in [4.78, 5) is 0. The lowest BCUT2D eigenvalue weighted by molar-refractivity contribution is -0.159. The third-order valence-corrected chi connectivity index (χ3v) is 12.4. The number of fused-ring (bicyclic) bond motifs is 5. The van der Waals surface area contributed by atoms with Crippen LogP contribution in [0, 0.1) is 58.2 Å². The molecule has 4 saturated carbocycles. The average Bonchev–Trinajstić information content (AvgIpc) is 3.09. The topological polar surface area (TPSA) is 40.5 Å². The van der Waals surface area contributed by atoms with Crippen molar-refractivity contribution < 1.29 is 10.2 Å². The Balaban J connectivity index is 1.50. The van der Waals surface area contributed by atoms with Gasteiger partial charge >= 0.3 is 0 Å². The van der Waals surface area contributed by atoms with Gasteiger partial charge in [0, 0.05) is 0 Å². The van der Waals surface area contributed by atoms with Crippen LogP contribution in [0.5, 0.6) is 0 Å². The van der Waals surface area contributed by atoms with E-state index in [1.807, 2.05) is 0 Å². The van der Waals surface area contributed by atoms with Crippen LogP contribution in [0.4, 0.5) is 0 Å². The molecule has 0 aromatic rings. The summed E-state index contributed by atoms with van der Waals surface area (Å²) in [5, 5.41) is 22.4. The second kappa shape index (κ2) is 8.85. The van der Waals surface area contributed by atoms with E-state index in [1.165, 1.54) is 57.8 Å². The first kappa shape index (κ1) is 25.0. The highest BCUT2D eigenvalue weighted by Crippen LogP contribution is 2.69. The van der Waals surface area contributed by atoms with Crippen LogP contribution in [0.1, 0.15) is 119 Å². The van der Waals surface area contributed by atoms with Gasteiger partial charge in [0.25, 0.3) is 0 Å². The highest BCUT2D eigenvalue weighted by atomic mass is 16.3. The molecule has 0 amide bonds. The van der Waals surface area contributed by atoms with Crippen molar-refractivity contribution in [3.8, 4) is 0 Å². The van der Waals surface area contributed by atoms with E-state index in [9.17, 15) is 10.2 Å². The largest absolute Gasteiger partial charge is 0.393 e. The van der Waals surface area contributed by atoms with E-state index < -0.39 is 5.60 Å². The van der Waals surface area contributed by atoms with Gasteiger partial charge in [-0.3, -0.25) is 0 Å². The fraction of sp³-hybridized carbons (Fsp3) is 1.00. The molecule has 4 fully saturated rings. The quantitative estimate of drug-likeness (QED) is 0.444. The molecule has 4 rings (SSSR count). The van der Waals surface area contributed by atoms with Gasteiger partial charge in [-0.2, -0.15) is 0 Å². The van der Waals surface area contributed by atoms with Gasteiger partial charge in [-0.05, 0) is 129 Å². The van der Waals surface area contributed by atoms with E-state index in [4.69, 9.17) is 0 Å². The van der Waals surface area contributed by atoms with E-state index in [2.05, 4.69) is 48.5 Å². The first-order valence-electron chi connectivity index (χ1n) is 14.4. The molecule has 4 aliphatic carbocycles. The van der Waals surface area contributed by atoms with Gasteiger partial charge in [0.05, 0.1) is 11.7 Å². The highest BCUT2D eigenvalue weighted by Gasteiger charge is 2.63. The lowest BCUT2D eigenvalue weighted by Crippen LogP contribution is -2.57. The minimum absolute atomic E-state index is 0.0813. The second-order valence-electron chi connectivity index (χ2n) is 14.0. The van der Waals surface area contributed by atoms with Crippen molar-refractivity contribution >= 4 is 0 Å². The summed E-state index contributed by atoms with van der Waals surface area (Å²) in [5.74, 6) is 5.56. The molecule has 32 heavy (non-hydrogen) atoms. The molecule has 0 aliphatic heterocycles. The Hall–Kier alpha value is -0.0800. The Kier molecular flexibility index (Phi) is 6.92. The lowest BCUT2D eigenvalue weighted by Gasteiger charge is -2.62. The standard InChI is InChI=1S/C30H54O2/c1-8-21(19(2)3)13-18-30(7,32)27-12-11-24-22-9-10-23-20(4)26(31)15-17-28(23,5)25(22)14-16-29(24,27)6/h19-27,31-32H,8-18H2,1-7H3/t20-,21-,22?,23?,24?,25?,26-,27?,28-,29-,30-/m0/s1. The molecule has 0 heterocycles. The maximum absolute atomic E-state index is 11.8. The normalized spacial score (nSPS) is 49.1. The molecular weight excluding hydrogens is 392 g/mol. The van der Waals surface area contributed by atoms with Gasteiger partial charge < -0.3 is 10.2 Å². The van der Waals surface area contributed by atoms with E-state index >= 15 is 0 Å². The van der Waals surface area contributed by atoms with E-state index in [0.717, 1.165) is 36.5 Å². The van der Waals surface area contributed by atoms with E-state index in [-0.39, 0.29) is 6.10 Å². The number of aliphatic hydroxyl groups excluding tert-OH is 1. The fourth-order valence-corrected chi connectivity index (χ4v) is 10.4. The Morgan fingerprint density at radius 2 is 1.53 bits per heavy atom. The summed E-state index contributed by atoms with van der Waals surface area (Å²) in [6.45, 7) is 16.7. The highest BCUT2D eigenvalue weighted by molar-refractivity contribution is 5.12. The van der Waals surface area contributed by atoms with Crippen molar-refractivity contribution in [2.24, 2.45) is 58.2 Å². The van der Waals surface area contributed by atoms with E-state index in [0.29, 0.717) is 34.5 Å². The molecule has 11 atom stereocenters. The minimum Gasteiger partial charge on any atom is -0.393 e. The summed E-state index contributed by atoms with van der Waals surface area (Å²) in [5.41, 5.74) is 0.214. The van der Waals surface area contributed by atoms with Gasteiger partial charge in [0.15, 0.2) is 0 Å². The zero-order valence-electron chi connectivity index (χ0n) is 22.4. The SMILES string of the molecule is CC[C@@H](CC[C@](C)(O)C1CCC2C3CCC4[C@H](C)[C@@H](O)CC[C@]4(C)C3CC[C@@]21C)C(C)C. The summed E-state index contributed by atoms with van der Waals surface area (Å²) in [7, 11) is 0. The molecule has 2 nitrogen and oxygen atoms in total. The van der Waals surface area contributed by atoms with Gasteiger partial charge in [0.2, 0.25) is 0 Å². The molecular formula is C30H54O2. The molecule has 5 unspecified atom stereocenters. The maximum Gasteiger partial charge on any atom is 0.0653 e. The summed E-state index contributed by atoms with van der Waals surface area (Å²) in [6.07, 6.45) is 13.4. The summed E-state index contributed by atoms with van der Waals surface area (Å²) in [6, 6.07) is 0. The predicted octanol–water partition coefficient (Wildman–Crippen LogP) is 7.47. The van der Waals surface area contributed by atoms with Crippen LogP contribution in [-0.2, 0) is 0 Å². The Labute approximate surface area is 199 Å². The Morgan fingerprint density at radius 3 is 2.19 bits per heavy atom. The van der Waals surface area contributed by atoms with Crippen LogP contribution in [0.2, 0.25) is 0 Å². The number of aliphatic hydroxyl groups is 2. The van der Waals surface area contributed by atoms with Crippen molar-refractivity contribution in [2.45, 2.75) is 131 Å². The van der Waals surface area contributed by atoms with Crippen LogP contribution in [0.25, 0.3) is 0 Å². The fourth-order valence-electron chi connectivity index (χ4n) is 10.4. The smallest absolute Gasteiger partial charge is 0.0653 e. The second-order valence-corrected chi connectivity index (χ2v) is 14.0. The Morgan fingerprint density at radius 1 is 0.906 bits per heavy atom. The van der Waals surface area contributed by atoms with Crippen molar-refractivity contribution in [3.05, 3.63) is 0 Å². The summed E-state index contributed by atoms with van der Waals surface area (Å²) >= 11 is 0. The van der Waals surface area contributed by atoms with Crippen LogP contribution in [0.3, 0.4) is 0 Å². The molecule has 0 aromatic carbocycles. The van der Waals surface area contributed by atoms with Crippen LogP contribution < -0.4 is 0 Å². The van der Waals surface area contributed by atoms with Crippen LogP contribution in [0.15, 0.2) is 0 Å². The molecule has 0 saturated heterocycles. The molecule has 0 spiro atoms. The Bertz CT molecular complexity index is 655. The minimum atomic E-state index is -0.525. The molecule has 2 N–H and O–H groups in total. The zero-order valence-corrected chi connectivity index (χ0v) is 22.4. The maximum atomic E-state index is 11.8. The molecule has 186 valence electrons. The van der Waals surface area contributed by atoms with Crippen LogP contribution in [-0.4, -0.2) is 21.9 Å². The van der Waals surface area contributed by atoms with Crippen LogP contribution >= 0.6 is 0 Å². The van der Waals surface area contributed by atoms with Crippen molar-refractivity contribution in [1.29, 1.82) is 0 Å². The lowest BCUT2D eigenvalue weighted by atomic mass is 9.43. The number of hydrogen-bond acceptors (Lipinski definition) is 2. The van der Waals surface area contributed by atoms with Gasteiger partial charge in [0.1, 0.15) is 0 Å². The van der Waals surface area contributed by atoms with E-state index in [1.54, 1.807) is 0 Å². The van der Waals surface area contributed by atoms with Gasteiger partial charge in [-0.15, -0.1) is 0 Å². The number of rotatable bonds is 6. The third-order valence-electron chi connectivity index (χ3n) is 12.4. The van der Waals surface area contributed by atoms with Crippen molar-refractivity contribution in [1.82, 2.24) is 0 Å². The molecule has 0 aromatic heterocycles. The first-order valence-corrected chi connectivity index (χ1v) is 14.4. The van der Waals surface area contributed by atoms with Gasteiger partial charge in [-0.25, -0.2) is 0 Å². The first-order chi connectivity index (χ1) is 15.0. The molecule has 0 bridgehead atoms. The van der Waals surface area contributed by atoms with Gasteiger partial charge in [-0.1, -0.05) is 48.0 Å². The van der Waals surface area contributed by atoms with Crippen molar-refractivity contribution in [3.63, 3.8) is 0 Å². The zero-order chi connectivity index (χ0) is 23.5. The van der Waals surface area contributed by atoms with Crippen molar-refractivity contribution in [2.75, 3.05) is 0 Å². The predicted molar refractivity (Wildman–Crippen MR) is 134 cm³/mol. The monoisotopic (exact) mass is 446 g/mol. The summed E-state index contributed by atoms with van der Waals surface area (Å²) < 4.78 is 0. The molecule has 4 aliphatic rings. The number of hydrogen-bond donors (Lipinski definition) is 2. The molecule has 2 heteroatoms. The third kappa shape index (κ3) is 3.92. The average molecular weight is 447 g/mol.